The Labute approximate surface area is 154 Å². The van der Waals surface area contributed by atoms with Gasteiger partial charge in [0.1, 0.15) is 12.1 Å². The highest BCUT2D eigenvalue weighted by molar-refractivity contribution is 6.31. The molecule has 0 amide bonds. The van der Waals surface area contributed by atoms with Crippen molar-refractivity contribution in [1.82, 2.24) is 9.97 Å². The van der Waals surface area contributed by atoms with Crippen molar-refractivity contribution in [2.75, 3.05) is 12.4 Å². The third kappa shape index (κ3) is 3.70. The molecular weight excluding hydrogens is 389 g/mol. The molecule has 7 nitrogen and oxygen atoms in total. The van der Waals surface area contributed by atoms with E-state index in [0.29, 0.717) is 5.52 Å². The maximum atomic E-state index is 13.0. The molecule has 0 aliphatic heterocycles. The van der Waals surface area contributed by atoms with Gasteiger partial charge in [0.05, 0.1) is 33.5 Å². The summed E-state index contributed by atoms with van der Waals surface area (Å²) < 4.78 is 44.0. The van der Waals surface area contributed by atoms with Crippen molar-refractivity contribution >= 4 is 39.7 Å². The topological polar surface area (TPSA) is 90.2 Å². The second kappa shape index (κ2) is 6.88. The maximum absolute atomic E-state index is 13.0. The summed E-state index contributed by atoms with van der Waals surface area (Å²) in [5.74, 6) is 0.101. The number of nitro groups is 1. The van der Waals surface area contributed by atoms with Gasteiger partial charge in [-0.3, -0.25) is 10.1 Å². The molecule has 1 N–H and O–H groups in total. The second-order valence-corrected chi connectivity index (χ2v) is 5.75. The van der Waals surface area contributed by atoms with Crippen molar-refractivity contribution < 1.29 is 22.8 Å². The van der Waals surface area contributed by atoms with Crippen LogP contribution in [0, 0.1) is 10.1 Å². The van der Waals surface area contributed by atoms with Gasteiger partial charge in [0.15, 0.2) is 5.75 Å². The van der Waals surface area contributed by atoms with Gasteiger partial charge in [-0.2, -0.15) is 13.2 Å². The maximum Gasteiger partial charge on any atom is 0.417 e. The highest BCUT2D eigenvalue weighted by atomic mass is 35.5. The third-order valence-corrected chi connectivity index (χ3v) is 4.00. The van der Waals surface area contributed by atoms with E-state index in [1.807, 2.05) is 0 Å². The lowest BCUT2D eigenvalue weighted by atomic mass is 10.1. The summed E-state index contributed by atoms with van der Waals surface area (Å²) in [4.78, 5) is 18.6. The van der Waals surface area contributed by atoms with Crippen LogP contribution in [0.25, 0.3) is 10.9 Å². The number of hydrogen-bond acceptors (Lipinski definition) is 6. The Morgan fingerprint density at radius 1 is 1.22 bits per heavy atom. The van der Waals surface area contributed by atoms with E-state index in [1.165, 1.54) is 31.6 Å². The van der Waals surface area contributed by atoms with Gasteiger partial charge < -0.3 is 10.1 Å². The van der Waals surface area contributed by atoms with Crippen LogP contribution in [0.15, 0.2) is 36.7 Å². The lowest BCUT2D eigenvalue weighted by molar-refractivity contribution is -0.385. The van der Waals surface area contributed by atoms with Gasteiger partial charge >= 0.3 is 11.9 Å². The fourth-order valence-corrected chi connectivity index (χ4v) is 2.66. The fourth-order valence-electron chi connectivity index (χ4n) is 2.44. The van der Waals surface area contributed by atoms with Crippen LogP contribution in [0.1, 0.15) is 5.56 Å². The zero-order valence-corrected chi connectivity index (χ0v) is 14.3. The molecule has 0 radical (unpaired) electrons. The minimum Gasteiger partial charge on any atom is -0.490 e. The van der Waals surface area contributed by atoms with E-state index in [1.54, 1.807) is 0 Å². The number of rotatable bonds is 4. The van der Waals surface area contributed by atoms with Crippen LogP contribution in [0.2, 0.25) is 5.02 Å². The van der Waals surface area contributed by atoms with Crippen molar-refractivity contribution in [3.05, 3.63) is 57.4 Å². The SMILES string of the molecule is COc1cc2ncnc(Nc3ccc(Cl)c(C(F)(F)F)c3)c2cc1[N+](=O)[O-]. The number of methoxy groups -OCH3 is 1. The number of fused-ring (bicyclic) bond motifs is 1. The van der Waals surface area contributed by atoms with Crippen LogP contribution >= 0.6 is 11.6 Å². The van der Waals surface area contributed by atoms with E-state index in [2.05, 4.69) is 15.3 Å². The molecule has 0 saturated heterocycles. The fraction of sp³-hybridized carbons (Fsp3) is 0.125. The molecule has 11 heteroatoms. The van der Waals surface area contributed by atoms with E-state index in [-0.39, 0.29) is 28.3 Å². The third-order valence-electron chi connectivity index (χ3n) is 3.67. The number of alkyl halides is 3. The molecule has 140 valence electrons. The van der Waals surface area contributed by atoms with E-state index in [4.69, 9.17) is 16.3 Å². The highest BCUT2D eigenvalue weighted by Crippen LogP contribution is 2.38. The van der Waals surface area contributed by atoms with Crippen molar-refractivity contribution in [3.63, 3.8) is 0 Å². The number of hydrogen-bond donors (Lipinski definition) is 1. The summed E-state index contributed by atoms with van der Waals surface area (Å²) in [7, 11) is 1.28. The molecular formula is C16H10ClF3N4O3. The lowest BCUT2D eigenvalue weighted by Crippen LogP contribution is -2.07. The molecule has 1 aromatic heterocycles. The Kier molecular flexibility index (Phi) is 4.75. The predicted octanol–water partition coefficient (Wildman–Crippen LogP) is 4.96. The van der Waals surface area contributed by atoms with Crippen LogP contribution in [0.3, 0.4) is 0 Å². The summed E-state index contributed by atoms with van der Waals surface area (Å²) in [6.07, 6.45) is -3.45. The number of ether oxygens (including phenoxy) is 1. The van der Waals surface area contributed by atoms with Gasteiger partial charge in [-0.05, 0) is 18.2 Å². The van der Waals surface area contributed by atoms with Crippen LogP contribution < -0.4 is 10.1 Å². The van der Waals surface area contributed by atoms with Gasteiger partial charge in [-0.15, -0.1) is 0 Å². The van der Waals surface area contributed by atoms with E-state index >= 15 is 0 Å². The standard InChI is InChI=1S/C16H10ClF3N4O3/c1-27-14-6-12-9(5-13(14)24(25)26)15(22-7-21-12)23-8-2-3-11(17)10(4-8)16(18,19)20/h2-7H,1H3,(H,21,22,23). The second-order valence-electron chi connectivity index (χ2n) is 5.34. The van der Waals surface area contributed by atoms with Crippen molar-refractivity contribution in [2.45, 2.75) is 6.18 Å². The van der Waals surface area contributed by atoms with Crippen LogP contribution in [0.5, 0.6) is 5.75 Å². The molecule has 3 aromatic rings. The van der Waals surface area contributed by atoms with Crippen molar-refractivity contribution in [3.8, 4) is 5.75 Å². The highest BCUT2D eigenvalue weighted by Gasteiger charge is 2.33. The zero-order chi connectivity index (χ0) is 19.8. The minimum absolute atomic E-state index is 0.00278. The summed E-state index contributed by atoms with van der Waals surface area (Å²) in [6, 6.07) is 5.81. The number of halogens is 4. The molecule has 0 bridgehead atoms. The number of anilines is 2. The average molecular weight is 399 g/mol. The molecule has 0 spiro atoms. The van der Waals surface area contributed by atoms with Gasteiger partial charge in [0, 0.05) is 17.8 Å². The molecule has 0 fully saturated rings. The minimum atomic E-state index is -4.63. The smallest absolute Gasteiger partial charge is 0.417 e. The van der Waals surface area contributed by atoms with E-state index in [0.717, 1.165) is 12.1 Å². The Morgan fingerprint density at radius 2 is 1.96 bits per heavy atom. The molecule has 0 aliphatic rings. The monoisotopic (exact) mass is 398 g/mol. The molecule has 0 saturated carbocycles. The molecule has 0 unspecified atom stereocenters. The van der Waals surface area contributed by atoms with Gasteiger partial charge in [-0.25, -0.2) is 9.97 Å². The summed E-state index contributed by atoms with van der Waals surface area (Å²) in [5, 5.41) is 13.7. The van der Waals surface area contributed by atoms with Crippen LogP contribution in [-0.4, -0.2) is 22.0 Å². The molecule has 0 aliphatic carbocycles. The van der Waals surface area contributed by atoms with Crippen LogP contribution in [0.4, 0.5) is 30.4 Å². The Morgan fingerprint density at radius 3 is 2.59 bits per heavy atom. The number of aromatic nitrogens is 2. The molecule has 3 rings (SSSR count). The quantitative estimate of drug-likeness (QED) is 0.493. The first-order valence-electron chi connectivity index (χ1n) is 7.31. The first-order valence-corrected chi connectivity index (χ1v) is 7.69. The van der Waals surface area contributed by atoms with E-state index in [9.17, 15) is 23.3 Å². The van der Waals surface area contributed by atoms with E-state index < -0.39 is 21.7 Å². The zero-order valence-electron chi connectivity index (χ0n) is 13.5. The first-order chi connectivity index (χ1) is 12.7. The summed E-state index contributed by atoms with van der Waals surface area (Å²) in [6.45, 7) is 0. The van der Waals surface area contributed by atoms with Crippen LogP contribution in [-0.2, 0) is 6.18 Å². The number of nitrogens with zero attached hydrogens (tertiary/aromatic N) is 3. The predicted molar refractivity (Wildman–Crippen MR) is 92.5 cm³/mol. The largest absolute Gasteiger partial charge is 0.490 e. The van der Waals surface area contributed by atoms with Crippen molar-refractivity contribution in [2.24, 2.45) is 0 Å². The number of nitrogens with one attached hydrogen (secondary N) is 1. The van der Waals surface area contributed by atoms with Gasteiger partial charge in [0.2, 0.25) is 0 Å². The van der Waals surface area contributed by atoms with Crippen molar-refractivity contribution in [1.29, 1.82) is 0 Å². The molecule has 1 heterocycles. The first kappa shape index (κ1) is 18.6. The molecule has 0 atom stereocenters. The Balaban J connectivity index is 2.10. The van der Waals surface area contributed by atoms with Gasteiger partial charge in [-0.1, -0.05) is 11.6 Å². The lowest BCUT2D eigenvalue weighted by Gasteiger charge is -2.13. The summed E-state index contributed by atoms with van der Waals surface area (Å²) >= 11 is 5.61. The Hall–Kier alpha value is -3.14. The normalized spacial score (nSPS) is 11.4. The number of nitro benzene ring substituents is 1. The molecule has 27 heavy (non-hydrogen) atoms. The Bertz CT molecular complexity index is 1040. The molecule has 2 aromatic carbocycles. The average Bonchev–Trinajstić information content (AvgIpc) is 2.61. The summed E-state index contributed by atoms with van der Waals surface area (Å²) in [5.41, 5.74) is -0.958. The van der Waals surface area contributed by atoms with Gasteiger partial charge in [0.25, 0.3) is 0 Å². The number of benzene rings is 2.